The van der Waals surface area contributed by atoms with Gasteiger partial charge in [0, 0.05) is 22.8 Å². The molecule has 0 saturated carbocycles. The summed E-state index contributed by atoms with van der Waals surface area (Å²) in [6, 6.07) is 14.3. The van der Waals surface area contributed by atoms with Gasteiger partial charge in [0.1, 0.15) is 4.83 Å². The van der Waals surface area contributed by atoms with Crippen LogP contribution in [0, 0.1) is 24.0 Å². The van der Waals surface area contributed by atoms with Gasteiger partial charge in [-0.3, -0.25) is 19.5 Å². The number of benzene rings is 2. The molecule has 0 atom stereocenters. The number of hydrogen-bond donors (Lipinski definition) is 0. The molecular formula is C23H21N3O3S2. The van der Waals surface area contributed by atoms with Crippen molar-refractivity contribution in [3.63, 3.8) is 0 Å². The van der Waals surface area contributed by atoms with E-state index >= 15 is 0 Å². The summed E-state index contributed by atoms with van der Waals surface area (Å²) in [6.07, 6.45) is 0.863. The number of nitro benzene ring substituents is 1. The van der Waals surface area contributed by atoms with E-state index < -0.39 is 4.92 Å². The van der Waals surface area contributed by atoms with E-state index in [1.165, 1.54) is 28.8 Å². The van der Waals surface area contributed by atoms with Gasteiger partial charge in [0.15, 0.2) is 5.16 Å². The molecule has 0 saturated heterocycles. The van der Waals surface area contributed by atoms with Gasteiger partial charge in [-0.1, -0.05) is 48.5 Å². The summed E-state index contributed by atoms with van der Waals surface area (Å²) >= 11 is 3.03. The highest BCUT2D eigenvalue weighted by Crippen LogP contribution is 2.31. The summed E-state index contributed by atoms with van der Waals surface area (Å²) in [5.41, 5.74) is 3.83. The lowest BCUT2D eigenvalue weighted by molar-refractivity contribution is -0.384. The van der Waals surface area contributed by atoms with Gasteiger partial charge in [-0.2, -0.15) is 0 Å². The van der Waals surface area contributed by atoms with Crippen molar-refractivity contribution in [1.82, 2.24) is 9.55 Å². The van der Waals surface area contributed by atoms with E-state index in [-0.39, 0.29) is 11.2 Å². The summed E-state index contributed by atoms with van der Waals surface area (Å²) in [4.78, 5) is 30.8. The fourth-order valence-corrected chi connectivity index (χ4v) is 5.55. The molecule has 4 aromatic rings. The number of hydrogen-bond acceptors (Lipinski definition) is 6. The van der Waals surface area contributed by atoms with E-state index in [4.69, 9.17) is 4.98 Å². The smallest absolute Gasteiger partial charge is 0.268 e. The number of rotatable bonds is 6. The third-order valence-corrected chi connectivity index (χ3v) is 7.50. The minimum atomic E-state index is -0.411. The van der Waals surface area contributed by atoms with E-state index in [1.807, 2.05) is 38.1 Å². The van der Waals surface area contributed by atoms with E-state index in [1.54, 1.807) is 28.0 Å². The highest BCUT2D eigenvalue weighted by molar-refractivity contribution is 7.98. The summed E-state index contributed by atoms with van der Waals surface area (Å²) < 4.78 is 1.68. The lowest BCUT2D eigenvalue weighted by atomic mass is 10.2. The highest BCUT2D eigenvalue weighted by Gasteiger charge is 2.19. The number of nitrogens with zero attached hydrogens (tertiary/aromatic N) is 3. The Labute approximate surface area is 187 Å². The molecule has 0 N–H and O–H groups in total. The molecule has 2 aromatic heterocycles. The molecule has 0 aliphatic carbocycles. The van der Waals surface area contributed by atoms with Crippen LogP contribution in [-0.2, 0) is 12.2 Å². The fourth-order valence-electron chi connectivity index (χ4n) is 3.43. The summed E-state index contributed by atoms with van der Waals surface area (Å²) in [7, 11) is 0. The van der Waals surface area contributed by atoms with Crippen LogP contribution in [0.1, 0.15) is 28.5 Å². The van der Waals surface area contributed by atoms with Crippen LogP contribution in [0.4, 0.5) is 5.69 Å². The molecule has 4 rings (SSSR count). The van der Waals surface area contributed by atoms with Crippen LogP contribution in [0.15, 0.2) is 58.5 Å². The number of non-ortho nitro benzene ring substituents is 1. The zero-order valence-corrected chi connectivity index (χ0v) is 19.0. The van der Waals surface area contributed by atoms with Crippen molar-refractivity contribution < 1.29 is 4.92 Å². The number of aromatic nitrogens is 2. The average Bonchev–Trinajstić information content (AvgIpc) is 3.09. The van der Waals surface area contributed by atoms with Crippen molar-refractivity contribution in [3.05, 3.63) is 90.6 Å². The van der Waals surface area contributed by atoms with E-state index in [2.05, 4.69) is 6.92 Å². The third-order valence-electron chi connectivity index (χ3n) is 5.16. The first-order valence-electron chi connectivity index (χ1n) is 9.87. The van der Waals surface area contributed by atoms with Crippen molar-refractivity contribution in [2.24, 2.45) is 0 Å². The number of thioether (sulfide) groups is 1. The van der Waals surface area contributed by atoms with Gasteiger partial charge in [-0.05, 0) is 43.5 Å². The van der Waals surface area contributed by atoms with Gasteiger partial charge in [0.05, 0.1) is 16.0 Å². The lowest BCUT2D eigenvalue weighted by Gasteiger charge is -2.12. The quantitative estimate of drug-likeness (QED) is 0.160. The van der Waals surface area contributed by atoms with E-state index in [9.17, 15) is 14.9 Å². The Morgan fingerprint density at radius 1 is 1.10 bits per heavy atom. The molecule has 0 unspecified atom stereocenters. The minimum absolute atomic E-state index is 0.0611. The van der Waals surface area contributed by atoms with Gasteiger partial charge in [-0.15, -0.1) is 11.3 Å². The van der Waals surface area contributed by atoms with Gasteiger partial charge < -0.3 is 0 Å². The van der Waals surface area contributed by atoms with Crippen LogP contribution in [0.25, 0.3) is 15.9 Å². The molecule has 158 valence electrons. The second-order valence-electron chi connectivity index (χ2n) is 7.27. The molecule has 6 nitrogen and oxygen atoms in total. The van der Waals surface area contributed by atoms with Gasteiger partial charge in [0.25, 0.3) is 11.2 Å². The molecule has 2 aromatic carbocycles. The van der Waals surface area contributed by atoms with E-state index in [0.29, 0.717) is 16.3 Å². The predicted molar refractivity (Wildman–Crippen MR) is 127 cm³/mol. The maximum absolute atomic E-state index is 13.6. The zero-order chi connectivity index (χ0) is 22.1. The first-order valence-corrected chi connectivity index (χ1v) is 11.7. The van der Waals surface area contributed by atoms with Crippen molar-refractivity contribution in [3.8, 4) is 5.69 Å². The maximum Gasteiger partial charge on any atom is 0.269 e. The standard InChI is InChI=1S/C23H21N3O3S2/c1-4-19-15(3)20-21(31-19)24-23(25(22(20)27)17-9-5-14(2)6-10-17)30-13-16-7-11-18(12-8-16)26(28)29/h5-12H,4,13H2,1-3H3. The lowest BCUT2D eigenvalue weighted by Crippen LogP contribution is -2.21. The van der Waals surface area contributed by atoms with Crippen molar-refractivity contribution in [2.45, 2.75) is 38.1 Å². The van der Waals surface area contributed by atoms with Crippen molar-refractivity contribution in [2.75, 3.05) is 0 Å². The SMILES string of the molecule is CCc1sc2nc(SCc3ccc([N+](=O)[O-])cc3)n(-c3ccc(C)cc3)c(=O)c2c1C. The number of thiophene rings is 1. The second kappa shape index (κ2) is 8.64. The molecule has 0 bridgehead atoms. The Morgan fingerprint density at radius 2 is 1.77 bits per heavy atom. The third kappa shape index (κ3) is 4.13. The van der Waals surface area contributed by atoms with Crippen molar-refractivity contribution in [1.29, 1.82) is 0 Å². The van der Waals surface area contributed by atoms with Gasteiger partial charge in [-0.25, -0.2) is 4.98 Å². The molecular weight excluding hydrogens is 430 g/mol. The summed E-state index contributed by atoms with van der Waals surface area (Å²) in [6.45, 7) is 6.08. The van der Waals surface area contributed by atoms with Crippen LogP contribution in [0.3, 0.4) is 0 Å². The number of nitro groups is 1. The minimum Gasteiger partial charge on any atom is -0.268 e. The second-order valence-corrected chi connectivity index (χ2v) is 9.29. The fraction of sp³-hybridized carbons (Fsp3) is 0.217. The van der Waals surface area contributed by atoms with Crippen LogP contribution in [0.5, 0.6) is 0 Å². The van der Waals surface area contributed by atoms with Crippen LogP contribution in [-0.4, -0.2) is 14.5 Å². The highest BCUT2D eigenvalue weighted by atomic mass is 32.2. The zero-order valence-electron chi connectivity index (χ0n) is 17.4. The Balaban J connectivity index is 1.80. The first-order chi connectivity index (χ1) is 14.9. The molecule has 0 aliphatic rings. The molecule has 31 heavy (non-hydrogen) atoms. The monoisotopic (exact) mass is 451 g/mol. The van der Waals surface area contributed by atoms with Crippen molar-refractivity contribution >= 4 is 39.0 Å². The molecule has 0 spiro atoms. The molecule has 8 heteroatoms. The predicted octanol–water partition coefficient (Wildman–Crippen LogP) is 5.83. The Kier molecular flexibility index (Phi) is 5.93. The molecule has 0 radical (unpaired) electrons. The van der Waals surface area contributed by atoms with Crippen LogP contribution < -0.4 is 5.56 Å². The Hall–Kier alpha value is -2.97. The van der Waals surface area contributed by atoms with Gasteiger partial charge >= 0.3 is 0 Å². The number of fused-ring (bicyclic) bond motifs is 1. The molecule has 0 fully saturated rings. The first kappa shape index (κ1) is 21.3. The molecule has 0 amide bonds. The van der Waals surface area contributed by atoms with Gasteiger partial charge in [0.2, 0.25) is 0 Å². The van der Waals surface area contributed by atoms with E-state index in [0.717, 1.165) is 33.6 Å². The van der Waals surface area contributed by atoms with Crippen LogP contribution >= 0.6 is 23.1 Å². The maximum atomic E-state index is 13.6. The van der Waals surface area contributed by atoms with Crippen LogP contribution in [0.2, 0.25) is 0 Å². The summed E-state index contributed by atoms with van der Waals surface area (Å²) in [5, 5.41) is 12.2. The summed E-state index contributed by atoms with van der Waals surface area (Å²) in [5.74, 6) is 0.548. The number of aryl methyl sites for hydroxylation is 3. The Morgan fingerprint density at radius 3 is 2.39 bits per heavy atom. The molecule has 2 heterocycles. The Bertz CT molecular complexity index is 1320. The largest absolute Gasteiger partial charge is 0.269 e. The average molecular weight is 452 g/mol. The normalized spacial score (nSPS) is 11.2. The molecule has 0 aliphatic heterocycles. The topological polar surface area (TPSA) is 78.0 Å².